The maximum Gasteiger partial charge on any atom is 0.222 e. The van der Waals surface area contributed by atoms with E-state index in [1.807, 2.05) is 78.4 Å². The predicted molar refractivity (Wildman–Crippen MR) is 163 cm³/mol. The highest BCUT2D eigenvalue weighted by Crippen LogP contribution is 2.34. The van der Waals surface area contributed by atoms with Crippen LogP contribution in [0.5, 0.6) is 5.75 Å². The van der Waals surface area contributed by atoms with E-state index in [4.69, 9.17) is 21.3 Å². The summed E-state index contributed by atoms with van der Waals surface area (Å²) in [4.78, 5) is 22.9. The topological polar surface area (TPSA) is 94.3 Å². The zero-order chi connectivity index (χ0) is 28.5. The first kappa shape index (κ1) is 27.1. The average Bonchev–Trinajstić information content (AvgIpc) is 3.30. The number of benzene rings is 3. The summed E-state index contributed by atoms with van der Waals surface area (Å²) >= 11 is 9.71. The van der Waals surface area contributed by atoms with Gasteiger partial charge in [0.1, 0.15) is 17.6 Å². The van der Waals surface area contributed by atoms with E-state index in [0.717, 1.165) is 43.5 Å². The van der Waals surface area contributed by atoms with Gasteiger partial charge in [0.25, 0.3) is 0 Å². The van der Waals surface area contributed by atoms with Gasteiger partial charge in [0.05, 0.1) is 30.4 Å². The molecule has 0 saturated heterocycles. The first-order chi connectivity index (χ1) is 19.9. The van der Waals surface area contributed by atoms with Crippen molar-refractivity contribution in [2.24, 2.45) is 4.99 Å². The summed E-state index contributed by atoms with van der Waals surface area (Å²) in [5.74, 6) is 1.89. The third-order valence-electron chi connectivity index (χ3n) is 7.06. The van der Waals surface area contributed by atoms with Gasteiger partial charge in [-0.1, -0.05) is 39.7 Å². The molecule has 41 heavy (non-hydrogen) atoms. The Hall–Kier alpha value is -4.08. The molecule has 0 unspecified atom stereocenters. The molecule has 3 heterocycles. The molecule has 0 aliphatic carbocycles. The highest BCUT2D eigenvalue weighted by Gasteiger charge is 2.30. The van der Waals surface area contributed by atoms with Crippen molar-refractivity contribution in [2.45, 2.75) is 25.8 Å². The Bertz CT molecular complexity index is 1800. The van der Waals surface area contributed by atoms with Gasteiger partial charge >= 0.3 is 0 Å². The highest BCUT2D eigenvalue weighted by atomic mass is 79.9. The van der Waals surface area contributed by atoms with Gasteiger partial charge in [-0.3, -0.25) is 19.3 Å². The third-order valence-corrected chi connectivity index (χ3v) is 7.81. The summed E-state index contributed by atoms with van der Waals surface area (Å²) in [6.07, 6.45) is 2.63. The van der Waals surface area contributed by atoms with Crippen molar-refractivity contribution < 1.29 is 9.53 Å². The predicted octanol–water partition coefficient (Wildman–Crippen LogP) is 6.19. The maximum absolute atomic E-state index is 13.3. The number of nitrogens with zero attached hydrogens (tertiary/aromatic N) is 5. The number of aliphatic imine (C=N–C) groups is 1. The number of hydrogen-bond acceptors (Lipinski definition) is 6. The molecule has 0 fully saturated rings. The number of carbonyl (C=O) groups excluding carboxylic acids is 1. The molecule has 0 spiro atoms. The Balaban J connectivity index is 1.28. The Morgan fingerprint density at radius 1 is 1.07 bits per heavy atom. The van der Waals surface area contributed by atoms with E-state index in [1.54, 1.807) is 7.11 Å². The normalized spacial score (nSPS) is 14.1. The fraction of sp³-hybridized carbons (Fsp3) is 0.194. The first-order valence-corrected chi connectivity index (χ1v) is 14.3. The van der Waals surface area contributed by atoms with Gasteiger partial charge in [-0.15, -0.1) is 10.2 Å². The molecule has 1 atom stereocenters. The van der Waals surface area contributed by atoms with Gasteiger partial charge in [0.15, 0.2) is 5.82 Å². The van der Waals surface area contributed by atoms with Crippen LogP contribution in [0.25, 0.3) is 16.6 Å². The number of carbonyl (C=O) groups is 1. The van der Waals surface area contributed by atoms with Gasteiger partial charge < -0.3 is 10.1 Å². The molecule has 206 valence electrons. The van der Waals surface area contributed by atoms with Crippen LogP contribution in [0.2, 0.25) is 5.02 Å². The van der Waals surface area contributed by atoms with Crippen molar-refractivity contribution in [1.29, 1.82) is 0 Å². The minimum absolute atomic E-state index is 0.114. The molecule has 1 aliphatic rings. The number of fused-ring (bicyclic) bond motifs is 4. The molecule has 10 heteroatoms. The maximum atomic E-state index is 13.3. The molecule has 3 aromatic carbocycles. The Labute approximate surface area is 250 Å². The number of ether oxygens (including phenoxy) is 1. The fourth-order valence-corrected chi connectivity index (χ4v) is 5.56. The number of nitrogens with one attached hydrogen (secondary N) is 1. The molecule has 0 radical (unpaired) electrons. The smallest absolute Gasteiger partial charge is 0.222 e. The van der Waals surface area contributed by atoms with Crippen LogP contribution in [0.4, 0.5) is 0 Å². The number of rotatable bonds is 7. The summed E-state index contributed by atoms with van der Waals surface area (Å²) in [5.41, 5.74) is 5.31. The number of aryl methyl sites for hydroxylation is 1. The van der Waals surface area contributed by atoms with E-state index in [0.29, 0.717) is 35.4 Å². The van der Waals surface area contributed by atoms with E-state index in [9.17, 15) is 4.79 Å². The zero-order valence-electron chi connectivity index (χ0n) is 22.4. The van der Waals surface area contributed by atoms with E-state index >= 15 is 0 Å². The van der Waals surface area contributed by atoms with Crippen LogP contribution in [-0.2, 0) is 11.2 Å². The quantitative estimate of drug-likeness (QED) is 0.232. The largest absolute Gasteiger partial charge is 0.497 e. The minimum Gasteiger partial charge on any atom is -0.497 e. The lowest BCUT2D eigenvalue weighted by Crippen LogP contribution is -2.27. The summed E-state index contributed by atoms with van der Waals surface area (Å²) < 4.78 is 8.51. The summed E-state index contributed by atoms with van der Waals surface area (Å²) in [5, 5.41) is 13.5. The number of aromatic nitrogens is 4. The van der Waals surface area contributed by atoms with Crippen molar-refractivity contribution in [1.82, 2.24) is 25.1 Å². The van der Waals surface area contributed by atoms with E-state index < -0.39 is 6.04 Å². The van der Waals surface area contributed by atoms with Crippen LogP contribution in [0.3, 0.4) is 0 Å². The number of halogens is 2. The van der Waals surface area contributed by atoms with Crippen LogP contribution in [0, 0.1) is 6.92 Å². The van der Waals surface area contributed by atoms with Crippen LogP contribution in [-0.4, -0.2) is 45.0 Å². The first-order valence-electron chi connectivity index (χ1n) is 13.1. The molecule has 5 aromatic rings. The van der Waals surface area contributed by atoms with Crippen LogP contribution < -0.4 is 10.1 Å². The molecule has 1 amide bonds. The molecule has 1 aliphatic heterocycles. The lowest BCUT2D eigenvalue weighted by atomic mass is 10.00. The summed E-state index contributed by atoms with van der Waals surface area (Å²) in [7, 11) is 1.63. The van der Waals surface area contributed by atoms with Crippen molar-refractivity contribution in [3.8, 4) is 11.4 Å². The molecule has 1 N–H and O–H groups in total. The molecule has 8 nitrogen and oxygen atoms in total. The van der Waals surface area contributed by atoms with Crippen LogP contribution in [0.15, 0.2) is 82.4 Å². The molecule has 0 bridgehead atoms. The molecule has 0 saturated carbocycles. The molecular formula is C31H26BrClN6O2. The Morgan fingerprint density at radius 2 is 1.90 bits per heavy atom. The lowest BCUT2D eigenvalue weighted by Gasteiger charge is -2.14. The van der Waals surface area contributed by atoms with E-state index in [2.05, 4.69) is 42.5 Å². The lowest BCUT2D eigenvalue weighted by molar-refractivity contribution is -0.121. The van der Waals surface area contributed by atoms with Gasteiger partial charge in [-0.2, -0.15) is 0 Å². The summed E-state index contributed by atoms with van der Waals surface area (Å²) in [6.45, 7) is 2.37. The van der Waals surface area contributed by atoms with Gasteiger partial charge in [0, 0.05) is 38.8 Å². The van der Waals surface area contributed by atoms with E-state index in [-0.39, 0.29) is 12.3 Å². The monoisotopic (exact) mass is 628 g/mol. The van der Waals surface area contributed by atoms with Crippen molar-refractivity contribution in [3.05, 3.63) is 111 Å². The Morgan fingerprint density at radius 3 is 2.71 bits per heavy atom. The zero-order valence-corrected chi connectivity index (χ0v) is 24.8. The van der Waals surface area contributed by atoms with Gasteiger partial charge in [-0.05, 0) is 73.5 Å². The number of amides is 1. The molecule has 6 rings (SSSR count). The van der Waals surface area contributed by atoms with Crippen molar-refractivity contribution in [2.75, 3.05) is 13.7 Å². The standard InChI is InChI=1S/C31H26BrClN6O2/c1-18-37-38-31-27(16-29(40)34-12-11-19-13-21-14-22(32)5-9-26(21)35-17-19)36-30(20-3-6-23(33)7-4-20)25-15-24(41-2)8-10-28(25)39(18)31/h3-10,13-15,17,27H,11-12,16H2,1-2H3,(H,34,40)/t27-/m0/s1. The highest BCUT2D eigenvalue weighted by molar-refractivity contribution is 9.10. The number of methoxy groups -OCH3 is 1. The fourth-order valence-electron chi connectivity index (χ4n) is 5.06. The second-order valence-corrected chi connectivity index (χ2v) is 11.2. The van der Waals surface area contributed by atoms with Crippen molar-refractivity contribution in [3.63, 3.8) is 0 Å². The van der Waals surface area contributed by atoms with Crippen molar-refractivity contribution >= 4 is 50.1 Å². The van der Waals surface area contributed by atoms with Crippen LogP contribution in [0.1, 0.15) is 40.8 Å². The SMILES string of the molecule is COc1ccc2c(c1)C(c1ccc(Cl)cc1)=N[C@@H](CC(=O)NCCc1cnc3ccc(Br)cc3c1)c1nnc(C)n1-2. The summed E-state index contributed by atoms with van der Waals surface area (Å²) in [6, 6.07) is 20.9. The van der Waals surface area contributed by atoms with Gasteiger partial charge in [0.2, 0.25) is 5.91 Å². The number of hydrogen-bond donors (Lipinski definition) is 1. The second kappa shape index (κ2) is 11.4. The Kier molecular flexibility index (Phi) is 7.55. The third kappa shape index (κ3) is 5.60. The van der Waals surface area contributed by atoms with E-state index in [1.165, 1.54) is 0 Å². The molecule has 2 aromatic heterocycles. The number of pyridine rings is 1. The minimum atomic E-state index is -0.556. The van der Waals surface area contributed by atoms with Gasteiger partial charge in [-0.25, -0.2) is 0 Å². The van der Waals surface area contributed by atoms with Crippen LogP contribution >= 0.6 is 27.5 Å². The molecular weight excluding hydrogens is 604 g/mol. The second-order valence-electron chi connectivity index (χ2n) is 9.81. The average molecular weight is 630 g/mol.